The van der Waals surface area contributed by atoms with Gasteiger partial charge in [0.1, 0.15) is 0 Å². The number of aromatic nitrogens is 1. The third-order valence-corrected chi connectivity index (χ3v) is 7.91. The minimum absolute atomic E-state index is 0.291. The molecule has 2 N–H and O–H groups in total. The van der Waals surface area contributed by atoms with Crippen molar-refractivity contribution in [2.75, 3.05) is 31.5 Å². The maximum absolute atomic E-state index is 13.1. The standard InChI is InChI=1S/C25H29N5O2S2/c1-20-4-2-5-21(16-20)19-29-12-14-30(15-13-29)34(31,32)24-9-7-23(8-10-24)28-25(33)27-18-22-6-3-11-26-17-22/h2-11,16-17H,12-15,18-19H2,1H3,(H2,27,28,33). The Bertz CT molecular complexity index is 1210. The topological polar surface area (TPSA) is 77.6 Å². The minimum Gasteiger partial charge on any atom is -0.358 e. The van der Waals surface area contributed by atoms with Crippen molar-refractivity contribution in [3.05, 3.63) is 89.7 Å². The van der Waals surface area contributed by atoms with Crippen molar-refractivity contribution in [2.24, 2.45) is 0 Å². The number of benzene rings is 2. The zero-order valence-electron chi connectivity index (χ0n) is 19.1. The maximum atomic E-state index is 13.1. The number of pyridine rings is 1. The van der Waals surface area contributed by atoms with Crippen LogP contribution in [0.3, 0.4) is 0 Å². The van der Waals surface area contributed by atoms with Gasteiger partial charge >= 0.3 is 0 Å². The molecule has 7 nitrogen and oxygen atoms in total. The fraction of sp³-hybridized carbons (Fsp3) is 0.280. The summed E-state index contributed by atoms with van der Waals surface area (Å²) in [6, 6.07) is 19.0. The molecule has 0 aliphatic carbocycles. The molecular weight excluding hydrogens is 466 g/mol. The summed E-state index contributed by atoms with van der Waals surface area (Å²) in [6.07, 6.45) is 3.50. The van der Waals surface area contributed by atoms with Crippen LogP contribution in [0.1, 0.15) is 16.7 Å². The Morgan fingerprint density at radius 1 is 1.00 bits per heavy atom. The van der Waals surface area contributed by atoms with Crippen molar-refractivity contribution in [2.45, 2.75) is 24.9 Å². The molecule has 0 saturated carbocycles. The van der Waals surface area contributed by atoms with Gasteiger partial charge in [-0.1, -0.05) is 35.9 Å². The Morgan fingerprint density at radius 2 is 1.74 bits per heavy atom. The monoisotopic (exact) mass is 495 g/mol. The zero-order chi connectivity index (χ0) is 24.0. The number of sulfonamides is 1. The van der Waals surface area contributed by atoms with Gasteiger partial charge in [-0.15, -0.1) is 0 Å². The summed E-state index contributed by atoms with van der Waals surface area (Å²) in [5, 5.41) is 6.67. The van der Waals surface area contributed by atoms with E-state index in [2.05, 4.69) is 51.7 Å². The van der Waals surface area contributed by atoms with E-state index in [-0.39, 0.29) is 0 Å². The zero-order valence-corrected chi connectivity index (χ0v) is 20.8. The molecule has 178 valence electrons. The van der Waals surface area contributed by atoms with Crippen LogP contribution in [0.2, 0.25) is 0 Å². The van der Waals surface area contributed by atoms with Crippen LogP contribution in [0.4, 0.5) is 5.69 Å². The lowest BCUT2D eigenvalue weighted by Crippen LogP contribution is -2.48. The second kappa shape index (κ2) is 11.1. The van der Waals surface area contributed by atoms with Crippen LogP contribution in [0.15, 0.2) is 78.0 Å². The van der Waals surface area contributed by atoms with Gasteiger partial charge in [0.05, 0.1) is 4.90 Å². The van der Waals surface area contributed by atoms with Gasteiger partial charge in [0, 0.05) is 57.3 Å². The van der Waals surface area contributed by atoms with Crippen LogP contribution in [-0.4, -0.2) is 53.9 Å². The molecule has 1 aliphatic heterocycles. The number of hydrogen-bond acceptors (Lipinski definition) is 5. The summed E-state index contributed by atoms with van der Waals surface area (Å²) < 4.78 is 27.8. The average molecular weight is 496 g/mol. The minimum atomic E-state index is -3.53. The molecule has 3 aromatic rings. The molecule has 0 bridgehead atoms. The molecular formula is C25H29N5O2S2. The van der Waals surface area contributed by atoms with Gasteiger partial charge in [0.25, 0.3) is 0 Å². The Balaban J connectivity index is 1.29. The maximum Gasteiger partial charge on any atom is 0.243 e. The third kappa shape index (κ3) is 6.38. The number of rotatable bonds is 7. The molecule has 2 aromatic carbocycles. The molecule has 0 spiro atoms. The molecule has 1 aromatic heterocycles. The van der Waals surface area contributed by atoms with Crippen LogP contribution >= 0.6 is 12.2 Å². The Hall–Kier alpha value is -2.85. The van der Waals surface area contributed by atoms with E-state index in [4.69, 9.17) is 12.2 Å². The summed E-state index contributed by atoms with van der Waals surface area (Å²) in [7, 11) is -3.53. The highest BCUT2D eigenvalue weighted by atomic mass is 32.2. The Kier molecular flexibility index (Phi) is 7.89. The van der Waals surface area contributed by atoms with E-state index < -0.39 is 10.0 Å². The number of thiocarbonyl (C=S) groups is 1. The van der Waals surface area contributed by atoms with Gasteiger partial charge in [0.15, 0.2) is 5.11 Å². The normalized spacial score (nSPS) is 15.1. The van der Waals surface area contributed by atoms with Crippen molar-refractivity contribution in [1.29, 1.82) is 0 Å². The number of aryl methyl sites for hydroxylation is 1. The smallest absolute Gasteiger partial charge is 0.243 e. The van der Waals surface area contributed by atoms with Gasteiger partial charge in [-0.3, -0.25) is 9.88 Å². The van der Waals surface area contributed by atoms with Crippen molar-refractivity contribution in [3.63, 3.8) is 0 Å². The van der Waals surface area contributed by atoms with E-state index in [0.717, 1.165) is 17.8 Å². The molecule has 0 amide bonds. The van der Waals surface area contributed by atoms with E-state index in [9.17, 15) is 8.42 Å². The predicted molar refractivity (Wildman–Crippen MR) is 139 cm³/mol. The van der Waals surface area contributed by atoms with Gasteiger partial charge in [0.2, 0.25) is 10.0 Å². The third-order valence-electron chi connectivity index (χ3n) is 5.75. The molecule has 0 radical (unpaired) electrons. The largest absolute Gasteiger partial charge is 0.358 e. The van der Waals surface area contributed by atoms with Crippen LogP contribution in [0.25, 0.3) is 0 Å². The quantitative estimate of drug-likeness (QED) is 0.487. The number of anilines is 1. The van der Waals surface area contributed by atoms with Crippen LogP contribution in [0.5, 0.6) is 0 Å². The van der Waals surface area contributed by atoms with Crippen molar-refractivity contribution in [1.82, 2.24) is 19.5 Å². The second-order valence-corrected chi connectivity index (χ2v) is 10.7. The lowest BCUT2D eigenvalue weighted by Gasteiger charge is -2.34. The lowest BCUT2D eigenvalue weighted by atomic mass is 10.1. The first-order chi connectivity index (χ1) is 16.4. The van der Waals surface area contributed by atoms with E-state index >= 15 is 0 Å². The lowest BCUT2D eigenvalue weighted by molar-refractivity contribution is 0.181. The Morgan fingerprint density at radius 3 is 2.41 bits per heavy atom. The molecule has 1 fully saturated rings. The summed E-state index contributed by atoms with van der Waals surface area (Å²) >= 11 is 5.33. The fourth-order valence-electron chi connectivity index (χ4n) is 3.92. The van der Waals surface area contributed by atoms with Crippen LogP contribution < -0.4 is 10.6 Å². The number of nitrogens with zero attached hydrogens (tertiary/aromatic N) is 3. The van der Waals surface area contributed by atoms with Crippen LogP contribution in [0, 0.1) is 6.92 Å². The predicted octanol–water partition coefficient (Wildman–Crippen LogP) is 3.38. The van der Waals surface area contributed by atoms with E-state index in [1.165, 1.54) is 11.1 Å². The highest BCUT2D eigenvalue weighted by molar-refractivity contribution is 7.89. The summed E-state index contributed by atoms with van der Waals surface area (Å²) in [5.74, 6) is 0. The first-order valence-electron chi connectivity index (χ1n) is 11.2. The second-order valence-electron chi connectivity index (χ2n) is 8.36. The first-order valence-corrected chi connectivity index (χ1v) is 13.1. The first kappa shape index (κ1) is 24.3. The summed E-state index contributed by atoms with van der Waals surface area (Å²) in [4.78, 5) is 6.67. The number of hydrogen-bond donors (Lipinski definition) is 2. The molecule has 34 heavy (non-hydrogen) atoms. The highest BCUT2D eigenvalue weighted by Gasteiger charge is 2.28. The molecule has 0 unspecified atom stereocenters. The average Bonchev–Trinajstić information content (AvgIpc) is 2.84. The summed E-state index contributed by atoms with van der Waals surface area (Å²) in [5.41, 5.74) is 4.24. The molecule has 1 aliphatic rings. The Labute approximate surface area is 206 Å². The van der Waals surface area contributed by atoms with Gasteiger partial charge in [-0.2, -0.15) is 4.31 Å². The SMILES string of the molecule is Cc1cccc(CN2CCN(S(=O)(=O)c3ccc(NC(=S)NCc4cccnc4)cc3)CC2)c1. The summed E-state index contributed by atoms with van der Waals surface area (Å²) in [6.45, 7) is 5.87. The fourth-order valence-corrected chi connectivity index (χ4v) is 5.53. The highest BCUT2D eigenvalue weighted by Crippen LogP contribution is 2.21. The van der Waals surface area contributed by atoms with Gasteiger partial charge in [-0.25, -0.2) is 8.42 Å². The van der Waals surface area contributed by atoms with Crippen molar-refractivity contribution < 1.29 is 8.42 Å². The van der Waals surface area contributed by atoms with Crippen LogP contribution in [-0.2, 0) is 23.1 Å². The van der Waals surface area contributed by atoms with Crippen molar-refractivity contribution in [3.8, 4) is 0 Å². The van der Waals surface area contributed by atoms with E-state index in [1.54, 1.807) is 41.0 Å². The molecule has 9 heteroatoms. The van der Waals surface area contributed by atoms with E-state index in [0.29, 0.717) is 42.7 Å². The van der Waals surface area contributed by atoms with Gasteiger partial charge < -0.3 is 10.6 Å². The van der Waals surface area contributed by atoms with Crippen molar-refractivity contribution >= 4 is 33.0 Å². The molecule has 2 heterocycles. The van der Waals surface area contributed by atoms with E-state index in [1.807, 2.05) is 12.1 Å². The molecule has 0 atom stereocenters. The molecule has 4 rings (SSSR count). The number of nitrogens with one attached hydrogen (secondary N) is 2. The molecule has 1 saturated heterocycles. The number of piperazine rings is 1. The van der Waals surface area contributed by atoms with Gasteiger partial charge in [-0.05, 0) is 60.6 Å².